The third-order valence-electron chi connectivity index (χ3n) is 4.54. The first-order valence-electron chi connectivity index (χ1n) is 11.3. The van der Waals surface area contributed by atoms with Crippen LogP contribution in [0.2, 0.25) is 0 Å². The molecule has 0 radical (unpaired) electrons. The molecule has 176 valence electrons. The van der Waals surface area contributed by atoms with Crippen molar-refractivity contribution in [2.75, 3.05) is 6.61 Å². The number of unbranched alkanes of at least 4 members (excludes halogenated alkanes) is 3. The molecule has 0 aliphatic heterocycles. The van der Waals surface area contributed by atoms with Crippen molar-refractivity contribution < 1.29 is 23.8 Å². The van der Waals surface area contributed by atoms with E-state index >= 15 is 0 Å². The van der Waals surface area contributed by atoms with Gasteiger partial charge in [0.15, 0.2) is 6.10 Å². The number of rotatable bonds is 10. The number of esters is 2. The number of hydrogen-bond acceptors (Lipinski definition) is 5. The number of carbonyl (C=O) groups excluding carboxylic acids is 2. The normalized spacial score (nSPS) is 9.97. The number of benzene rings is 2. The molecule has 2 aromatic rings. The maximum Gasteiger partial charge on any atom is 0.343 e. The molecule has 1 unspecified atom stereocenters. The van der Waals surface area contributed by atoms with Crippen LogP contribution in [-0.4, -0.2) is 24.6 Å². The van der Waals surface area contributed by atoms with Gasteiger partial charge >= 0.3 is 11.9 Å². The molecule has 5 nitrogen and oxygen atoms in total. The summed E-state index contributed by atoms with van der Waals surface area (Å²) < 4.78 is 16.3. The van der Waals surface area contributed by atoms with Crippen LogP contribution in [-0.2, 0) is 4.74 Å². The van der Waals surface area contributed by atoms with Crippen LogP contribution in [0.1, 0.15) is 60.2 Å². The zero-order valence-corrected chi connectivity index (χ0v) is 19.9. The van der Waals surface area contributed by atoms with E-state index in [4.69, 9.17) is 20.6 Å². The van der Waals surface area contributed by atoms with Crippen LogP contribution in [0.25, 0.3) is 0 Å². The third-order valence-corrected chi connectivity index (χ3v) is 4.54. The summed E-state index contributed by atoms with van der Waals surface area (Å²) in [5, 5.41) is 0. The molecule has 2 rings (SSSR count). The fourth-order valence-electron chi connectivity index (χ4n) is 2.76. The summed E-state index contributed by atoms with van der Waals surface area (Å²) in [4.78, 5) is 24.7. The summed E-state index contributed by atoms with van der Waals surface area (Å²) in [6.07, 6.45) is 8.84. The van der Waals surface area contributed by atoms with E-state index in [0.29, 0.717) is 29.2 Å². The molecular formula is C30H26O5. The summed E-state index contributed by atoms with van der Waals surface area (Å²) >= 11 is 0. The van der Waals surface area contributed by atoms with Crippen LogP contribution in [0.15, 0.2) is 48.5 Å². The van der Waals surface area contributed by atoms with Crippen molar-refractivity contribution in [2.45, 2.75) is 45.6 Å². The van der Waals surface area contributed by atoms with E-state index in [1.54, 1.807) is 31.2 Å². The lowest BCUT2D eigenvalue weighted by Crippen LogP contribution is -2.13. The molecule has 1 atom stereocenters. The number of hydrogen-bond donors (Lipinski definition) is 0. The van der Waals surface area contributed by atoms with Gasteiger partial charge in [0.2, 0.25) is 0 Å². The Bertz CT molecular complexity index is 1210. The second-order valence-electron chi connectivity index (χ2n) is 7.31. The van der Waals surface area contributed by atoms with Gasteiger partial charge in [-0.1, -0.05) is 26.2 Å². The highest BCUT2D eigenvalue weighted by molar-refractivity contribution is 5.92. The van der Waals surface area contributed by atoms with Crippen LogP contribution in [0.4, 0.5) is 0 Å². The Labute approximate surface area is 207 Å². The standard InChI is InChI=1S/C30H26O5/c1-4-6-8-10-11-12-14-24(3)34-29(31)25-17-21-28(22-18-25)35-30(32)26-15-19-27(20-16-26)33-23-13-9-7-5-2/h1,15-22,24H,5,7,9,13,23H2,2-3H3. The average molecular weight is 467 g/mol. The molecule has 5 heteroatoms. The Morgan fingerprint density at radius 2 is 1.40 bits per heavy atom. The summed E-state index contributed by atoms with van der Waals surface area (Å²) in [6.45, 7) is 4.44. The smallest absolute Gasteiger partial charge is 0.343 e. The summed E-state index contributed by atoms with van der Waals surface area (Å²) in [6, 6.07) is 12.9. The van der Waals surface area contributed by atoms with Gasteiger partial charge in [-0.15, -0.1) is 6.42 Å². The molecule has 0 amide bonds. The number of ether oxygens (including phenoxy) is 3. The Morgan fingerprint density at radius 3 is 2.06 bits per heavy atom. The molecule has 0 aliphatic carbocycles. The van der Waals surface area contributed by atoms with Gasteiger partial charge < -0.3 is 14.2 Å². The lowest BCUT2D eigenvalue weighted by atomic mass is 10.2. The van der Waals surface area contributed by atoms with Crippen molar-refractivity contribution >= 4 is 11.9 Å². The van der Waals surface area contributed by atoms with Gasteiger partial charge in [-0.3, -0.25) is 0 Å². The first-order valence-corrected chi connectivity index (χ1v) is 11.3. The lowest BCUT2D eigenvalue weighted by Gasteiger charge is -2.09. The molecule has 0 heterocycles. The van der Waals surface area contributed by atoms with E-state index in [2.05, 4.69) is 48.4 Å². The molecule has 0 saturated heterocycles. The summed E-state index contributed by atoms with van der Waals surface area (Å²) in [5.41, 5.74) is 0.692. The number of terminal acetylenes is 1. The Hall–Kier alpha value is -4.58. The zero-order chi connectivity index (χ0) is 25.3. The minimum atomic E-state index is -0.668. The first-order chi connectivity index (χ1) is 17.0. The van der Waals surface area contributed by atoms with Crippen LogP contribution in [0.5, 0.6) is 11.5 Å². The van der Waals surface area contributed by atoms with Crippen LogP contribution in [0.3, 0.4) is 0 Å². The van der Waals surface area contributed by atoms with Crippen molar-refractivity contribution in [1.82, 2.24) is 0 Å². The van der Waals surface area contributed by atoms with Crippen LogP contribution < -0.4 is 9.47 Å². The van der Waals surface area contributed by atoms with Crippen molar-refractivity contribution in [1.29, 1.82) is 0 Å². The maximum atomic E-state index is 12.4. The van der Waals surface area contributed by atoms with E-state index in [-0.39, 0.29) is 0 Å². The molecule has 35 heavy (non-hydrogen) atoms. The third kappa shape index (κ3) is 10.3. The van der Waals surface area contributed by atoms with Crippen molar-refractivity contribution in [3.05, 3.63) is 59.7 Å². The van der Waals surface area contributed by atoms with E-state index in [1.165, 1.54) is 37.1 Å². The van der Waals surface area contributed by atoms with Gasteiger partial charge in [-0.05, 0) is 103 Å². The maximum absolute atomic E-state index is 12.4. The molecule has 0 saturated carbocycles. The predicted molar refractivity (Wildman–Crippen MR) is 135 cm³/mol. The van der Waals surface area contributed by atoms with Gasteiger partial charge in [-0.2, -0.15) is 0 Å². The average Bonchev–Trinajstić information content (AvgIpc) is 2.86. The Balaban J connectivity index is 1.85. The molecule has 0 N–H and O–H groups in total. The SMILES string of the molecule is C#CC#CC#CC#CC(C)OC(=O)c1ccc(OC(=O)c2ccc(OCCCCCC)cc2)cc1. The quantitative estimate of drug-likeness (QED) is 0.212. The van der Waals surface area contributed by atoms with Gasteiger partial charge in [0.05, 0.1) is 17.7 Å². The van der Waals surface area contributed by atoms with Gasteiger partial charge in [-0.25, -0.2) is 9.59 Å². The van der Waals surface area contributed by atoms with Crippen molar-refractivity contribution in [2.24, 2.45) is 0 Å². The fourth-order valence-corrected chi connectivity index (χ4v) is 2.76. The van der Waals surface area contributed by atoms with Gasteiger partial charge in [0.1, 0.15) is 11.5 Å². The fraction of sp³-hybridized carbons (Fsp3) is 0.267. The highest BCUT2D eigenvalue weighted by atomic mass is 16.5. The van der Waals surface area contributed by atoms with Gasteiger partial charge in [0, 0.05) is 0 Å². The highest BCUT2D eigenvalue weighted by Crippen LogP contribution is 2.18. The Kier molecular flexibility index (Phi) is 11.7. The predicted octanol–water partition coefficient (Wildman–Crippen LogP) is 5.05. The number of carbonyl (C=O) groups is 2. The van der Waals surface area contributed by atoms with Crippen LogP contribution >= 0.6 is 0 Å². The topological polar surface area (TPSA) is 61.8 Å². The van der Waals surface area contributed by atoms with E-state index in [0.717, 1.165) is 12.8 Å². The van der Waals surface area contributed by atoms with Gasteiger partial charge in [0.25, 0.3) is 0 Å². The molecule has 2 aromatic carbocycles. The molecule has 0 fully saturated rings. The van der Waals surface area contributed by atoms with Crippen molar-refractivity contribution in [3.63, 3.8) is 0 Å². The monoisotopic (exact) mass is 466 g/mol. The van der Waals surface area contributed by atoms with Crippen molar-refractivity contribution in [3.8, 4) is 59.4 Å². The molecule has 0 bridgehead atoms. The largest absolute Gasteiger partial charge is 0.494 e. The molecule has 0 aliphatic rings. The second-order valence-corrected chi connectivity index (χ2v) is 7.31. The molecule has 0 aromatic heterocycles. The van der Waals surface area contributed by atoms with Crippen LogP contribution in [0, 0.1) is 47.9 Å². The summed E-state index contributed by atoms with van der Waals surface area (Å²) in [5.74, 6) is 17.0. The van der Waals surface area contributed by atoms with E-state index in [9.17, 15) is 9.59 Å². The van der Waals surface area contributed by atoms with E-state index < -0.39 is 18.0 Å². The second kappa shape index (κ2) is 15.3. The first kappa shape index (κ1) is 26.7. The summed E-state index contributed by atoms with van der Waals surface area (Å²) in [7, 11) is 0. The highest BCUT2D eigenvalue weighted by Gasteiger charge is 2.12. The molecule has 0 spiro atoms. The minimum absolute atomic E-state index is 0.296. The van der Waals surface area contributed by atoms with E-state index in [1.807, 2.05) is 0 Å². The Morgan fingerprint density at radius 1 is 0.800 bits per heavy atom. The minimum Gasteiger partial charge on any atom is -0.494 e. The zero-order valence-electron chi connectivity index (χ0n) is 19.9. The lowest BCUT2D eigenvalue weighted by molar-refractivity contribution is 0.0438. The molecular weight excluding hydrogens is 440 g/mol.